The maximum atomic E-state index is 11.8. The summed E-state index contributed by atoms with van der Waals surface area (Å²) in [6.07, 6.45) is 6.34. The highest BCUT2D eigenvalue weighted by atomic mass is 16.7. The molecule has 0 aromatic rings. The number of methoxy groups -OCH3 is 1. The van der Waals surface area contributed by atoms with E-state index < -0.39 is 5.60 Å². The minimum atomic E-state index is -0.619. The fourth-order valence-corrected chi connectivity index (χ4v) is 3.23. The molecule has 2 fully saturated rings. The van der Waals surface area contributed by atoms with E-state index in [1.807, 2.05) is 6.92 Å². The molecule has 0 bridgehead atoms. The molecule has 3 heteroatoms. The van der Waals surface area contributed by atoms with Crippen LogP contribution in [0.2, 0.25) is 0 Å². The van der Waals surface area contributed by atoms with Gasteiger partial charge in [0.2, 0.25) is 0 Å². The van der Waals surface area contributed by atoms with Gasteiger partial charge in [-0.25, -0.2) is 4.79 Å². The van der Waals surface area contributed by atoms with E-state index in [-0.39, 0.29) is 11.6 Å². The lowest BCUT2D eigenvalue weighted by molar-refractivity contribution is -0.147. The molecule has 0 radical (unpaired) electrons. The Kier molecular flexibility index (Phi) is 2.99. The first-order valence-electron chi connectivity index (χ1n) is 6.39. The molecule has 3 atom stereocenters. The summed E-state index contributed by atoms with van der Waals surface area (Å²) in [6.45, 7) is 4.30. The van der Waals surface area contributed by atoms with Crippen molar-refractivity contribution in [3.8, 4) is 0 Å². The summed E-state index contributed by atoms with van der Waals surface area (Å²) in [4.78, 5) is 11.8. The summed E-state index contributed by atoms with van der Waals surface area (Å²) in [5, 5.41) is 0. The molecule has 3 nitrogen and oxygen atoms in total. The van der Waals surface area contributed by atoms with E-state index in [0.717, 1.165) is 25.2 Å². The first-order chi connectivity index (χ1) is 7.60. The molecule has 1 heterocycles. The number of hydrogen-bond donors (Lipinski definition) is 0. The number of carbonyl (C=O) groups excluding carboxylic acids is 1. The van der Waals surface area contributed by atoms with E-state index in [2.05, 4.69) is 6.92 Å². The fourth-order valence-electron chi connectivity index (χ4n) is 3.23. The second kappa shape index (κ2) is 4.02. The van der Waals surface area contributed by atoms with Crippen LogP contribution in [0.3, 0.4) is 0 Å². The second-order valence-electron chi connectivity index (χ2n) is 5.30. The summed E-state index contributed by atoms with van der Waals surface area (Å²) in [6, 6.07) is 0. The van der Waals surface area contributed by atoms with Crippen LogP contribution in [-0.2, 0) is 14.3 Å². The Balaban J connectivity index is 2.13. The summed E-state index contributed by atoms with van der Waals surface area (Å²) in [5.41, 5.74) is -0.814. The van der Waals surface area contributed by atoms with Crippen molar-refractivity contribution in [1.82, 2.24) is 0 Å². The zero-order valence-corrected chi connectivity index (χ0v) is 10.5. The molecule has 1 saturated heterocycles. The Morgan fingerprint density at radius 2 is 2.19 bits per heavy atom. The lowest BCUT2D eigenvalue weighted by atomic mass is 9.84. The Morgan fingerprint density at radius 3 is 2.81 bits per heavy atom. The fraction of sp³-hybridized carbons (Fsp3) is 0.923. The second-order valence-corrected chi connectivity index (χ2v) is 5.30. The van der Waals surface area contributed by atoms with Crippen molar-refractivity contribution in [2.24, 2.45) is 5.92 Å². The van der Waals surface area contributed by atoms with Gasteiger partial charge in [0.05, 0.1) is 7.11 Å². The van der Waals surface area contributed by atoms with Crippen LogP contribution in [0.25, 0.3) is 0 Å². The molecule has 0 aromatic heterocycles. The standard InChI is InChI=1S/C13H22O3/c1-4-13(11(14)15-3)12(16-13)8-5-6-10(2)7-9-12/h10H,4-9H2,1-3H3. The molecule has 0 amide bonds. The zero-order valence-electron chi connectivity index (χ0n) is 10.5. The van der Waals surface area contributed by atoms with E-state index in [1.165, 1.54) is 26.4 Å². The van der Waals surface area contributed by atoms with Gasteiger partial charge in [-0.2, -0.15) is 0 Å². The van der Waals surface area contributed by atoms with Gasteiger partial charge in [-0.1, -0.05) is 26.7 Å². The topological polar surface area (TPSA) is 38.8 Å². The Morgan fingerprint density at radius 1 is 1.44 bits per heavy atom. The molecule has 1 aliphatic heterocycles. The summed E-state index contributed by atoms with van der Waals surface area (Å²) >= 11 is 0. The van der Waals surface area contributed by atoms with Crippen LogP contribution < -0.4 is 0 Å². The SMILES string of the molecule is CCC1(C(=O)OC)OC12CCCC(C)CC2. The monoisotopic (exact) mass is 226 g/mol. The van der Waals surface area contributed by atoms with Crippen LogP contribution >= 0.6 is 0 Å². The number of rotatable bonds is 2. The largest absolute Gasteiger partial charge is 0.467 e. The van der Waals surface area contributed by atoms with E-state index in [4.69, 9.17) is 9.47 Å². The van der Waals surface area contributed by atoms with Crippen LogP contribution in [0.15, 0.2) is 0 Å². The minimum Gasteiger partial charge on any atom is -0.467 e. The van der Waals surface area contributed by atoms with Crippen LogP contribution in [0.5, 0.6) is 0 Å². The number of hydrogen-bond acceptors (Lipinski definition) is 3. The molecule has 2 rings (SSSR count). The Bertz CT molecular complexity index is 289. The first-order valence-corrected chi connectivity index (χ1v) is 6.39. The van der Waals surface area contributed by atoms with E-state index in [0.29, 0.717) is 0 Å². The van der Waals surface area contributed by atoms with Gasteiger partial charge in [0.25, 0.3) is 0 Å². The van der Waals surface area contributed by atoms with Crippen LogP contribution in [0.1, 0.15) is 52.4 Å². The molecule has 3 unspecified atom stereocenters. The average molecular weight is 226 g/mol. The first kappa shape index (κ1) is 11.9. The summed E-state index contributed by atoms with van der Waals surface area (Å²) in [7, 11) is 1.45. The molecule has 1 aliphatic carbocycles. The predicted molar refractivity (Wildman–Crippen MR) is 61.1 cm³/mol. The Hall–Kier alpha value is -0.570. The van der Waals surface area contributed by atoms with Crippen LogP contribution in [0.4, 0.5) is 0 Å². The predicted octanol–water partition coefficient (Wildman–Crippen LogP) is 2.68. The number of epoxide rings is 1. The van der Waals surface area contributed by atoms with Gasteiger partial charge in [-0.15, -0.1) is 0 Å². The maximum absolute atomic E-state index is 11.8. The third kappa shape index (κ3) is 1.56. The van der Waals surface area contributed by atoms with Crippen molar-refractivity contribution in [2.75, 3.05) is 7.11 Å². The van der Waals surface area contributed by atoms with Crippen LogP contribution in [0, 0.1) is 5.92 Å². The van der Waals surface area contributed by atoms with Gasteiger partial charge < -0.3 is 9.47 Å². The normalized spacial score (nSPS) is 42.8. The summed E-state index contributed by atoms with van der Waals surface area (Å²) in [5.74, 6) is 0.584. The number of carbonyl (C=O) groups is 1. The quantitative estimate of drug-likeness (QED) is 0.537. The minimum absolute atomic E-state index is 0.176. The highest BCUT2D eigenvalue weighted by Gasteiger charge is 2.73. The molecule has 1 saturated carbocycles. The van der Waals surface area contributed by atoms with Gasteiger partial charge in [-0.3, -0.25) is 0 Å². The summed E-state index contributed by atoms with van der Waals surface area (Å²) < 4.78 is 10.8. The molecule has 0 aromatic carbocycles. The molecule has 16 heavy (non-hydrogen) atoms. The average Bonchev–Trinajstić information content (AvgIpc) is 2.99. The van der Waals surface area contributed by atoms with Gasteiger partial charge in [0, 0.05) is 0 Å². The van der Waals surface area contributed by atoms with Gasteiger partial charge in [0.1, 0.15) is 5.60 Å². The lowest BCUT2D eigenvalue weighted by Gasteiger charge is -2.15. The van der Waals surface area contributed by atoms with E-state index in [1.54, 1.807) is 0 Å². The zero-order chi connectivity index (χ0) is 11.8. The van der Waals surface area contributed by atoms with Crippen LogP contribution in [-0.4, -0.2) is 24.3 Å². The van der Waals surface area contributed by atoms with Crippen molar-refractivity contribution in [3.63, 3.8) is 0 Å². The third-order valence-electron chi connectivity index (χ3n) is 4.40. The highest BCUT2D eigenvalue weighted by molar-refractivity contribution is 5.84. The number of ether oxygens (including phenoxy) is 2. The third-order valence-corrected chi connectivity index (χ3v) is 4.40. The molecule has 0 N–H and O–H groups in total. The van der Waals surface area contributed by atoms with Gasteiger partial charge >= 0.3 is 5.97 Å². The Labute approximate surface area is 97.5 Å². The molecule has 2 aliphatic rings. The van der Waals surface area contributed by atoms with E-state index in [9.17, 15) is 4.79 Å². The van der Waals surface area contributed by atoms with E-state index >= 15 is 0 Å². The lowest BCUT2D eigenvalue weighted by Crippen LogP contribution is -2.34. The van der Waals surface area contributed by atoms with Crippen molar-refractivity contribution in [3.05, 3.63) is 0 Å². The van der Waals surface area contributed by atoms with Gasteiger partial charge in [0.15, 0.2) is 5.60 Å². The number of esters is 1. The maximum Gasteiger partial charge on any atom is 0.341 e. The molecular formula is C13H22O3. The molecule has 1 spiro atoms. The highest BCUT2D eigenvalue weighted by Crippen LogP contribution is 2.58. The van der Waals surface area contributed by atoms with Crippen molar-refractivity contribution in [1.29, 1.82) is 0 Å². The molecule has 92 valence electrons. The van der Waals surface area contributed by atoms with Crippen molar-refractivity contribution in [2.45, 2.75) is 63.6 Å². The molecular weight excluding hydrogens is 204 g/mol. The smallest absolute Gasteiger partial charge is 0.341 e. The van der Waals surface area contributed by atoms with Gasteiger partial charge in [-0.05, 0) is 31.6 Å². The van der Waals surface area contributed by atoms with Crippen molar-refractivity contribution >= 4 is 5.97 Å². The van der Waals surface area contributed by atoms with Crippen molar-refractivity contribution < 1.29 is 14.3 Å².